The molecule has 1 aromatic rings. The molecule has 0 saturated carbocycles. The van der Waals surface area contributed by atoms with Gasteiger partial charge in [0.15, 0.2) is 0 Å². The van der Waals surface area contributed by atoms with E-state index in [0.29, 0.717) is 22.9 Å². The second-order valence-corrected chi connectivity index (χ2v) is 6.44. The average molecular weight is 289 g/mol. The Morgan fingerprint density at radius 3 is 2.78 bits per heavy atom. The molecule has 2 rings (SSSR count). The lowest BCUT2D eigenvalue weighted by Gasteiger charge is -2.32. The summed E-state index contributed by atoms with van der Waals surface area (Å²) in [4.78, 5) is 17.8. The Bertz CT molecular complexity index is 418. The fourth-order valence-corrected chi connectivity index (χ4v) is 3.30. The zero-order chi connectivity index (χ0) is 13.1. The highest BCUT2D eigenvalue weighted by molar-refractivity contribution is 7.91. The van der Waals surface area contributed by atoms with E-state index in [0.717, 1.165) is 13.1 Å². The van der Waals surface area contributed by atoms with Crippen LogP contribution in [0.4, 0.5) is 0 Å². The summed E-state index contributed by atoms with van der Waals surface area (Å²) in [6.45, 7) is 3.16. The summed E-state index contributed by atoms with van der Waals surface area (Å²) in [5, 5.41) is 10.2. The van der Waals surface area contributed by atoms with Gasteiger partial charge in [-0.3, -0.25) is 10.0 Å². The molecule has 0 radical (unpaired) electrons. The summed E-state index contributed by atoms with van der Waals surface area (Å²) in [5.74, 6) is -0.0412. The van der Waals surface area contributed by atoms with E-state index in [2.05, 4.69) is 4.90 Å². The van der Waals surface area contributed by atoms with E-state index in [-0.39, 0.29) is 5.91 Å². The van der Waals surface area contributed by atoms with Crippen molar-refractivity contribution in [3.63, 3.8) is 0 Å². The first kappa shape index (κ1) is 13.8. The molecule has 1 unspecified atom stereocenters. The Morgan fingerprint density at radius 2 is 2.17 bits per heavy atom. The molecule has 1 aromatic heterocycles. The van der Waals surface area contributed by atoms with Crippen LogP contribution in [-0.4, -0.2) is 58.7 Å². The number of hydrogen-bond acceptors (Lipinski definition) is 6. The lowest BCUT2D eigenvalue weighted by atomic mass is 10.2. The molecule has 1 aliphatic heterocycles. The van der Waals surface area contributed by atoms with Crippen LogP contribution in [-0.2, 0) is 11.4 Å². The second-order valence-electron chi connectivity index (χ2n) is 4.11. The number of rotatable bonds is 3. The van der Waals surface area contributed by atoms with Gasteiger partial charge in [-0.15, -0.1) is 0 Å². The van der Waals surface area contributed by atoms with Crippen LogP contribution in [0, 0.1) is 0 Å². The normalized spacial score (nSPS) is 18.9. The smallest absolute Gasteiger partial charge is 0.254 e. The number of carbonyl (C=O) groups excluding carboxylic acids is 1. The van der Waals surface area contributed by atoms with E-state index in [4.69, 9.17) is 5.21 Å². The molecule has 18 heavy (non-hydrogen) atoms. The molecule has 0 aromatic carbocycles. The zero-order valence-electron chi connectivity index (χ0n) is 9.96. The van der Waals surface area contributed by atoms with Gasteiger partial charge in [-0.2, -0.15) is 0 Å². The molecule has 1 aliphatic rings. The second kappa shape index (κ2) is 6.00. The first-order chi connectivity index (χ1) is 8.61. The highest BCUT2D eigenvalue weighted by atomic mass is 32.2. The summed E-state index contributed by atoms with van der Waals surface area (Å²) < 4.78 is 11.7. The standard InChI is InChI=1S/C10H15N3O3S2/c1-12-2-4-13(5-3-12)10(14)8-6-9(17-7-8)18(16)11-15/h6-7,11,15H,2-5H2,1H3. The van der Waals surface area contributed by atoms with Gasteiger partial charge in [-0.05, 0) is 11.9 Å². The van der Waals surface area contributed by atoms with Gasteiger partial charge in [0, 0.05) is 37.6 Å². The molecule has 1 atom stereocenters. The van der Waals surface area contributed by atoms with E-state index < -0.39 is 11.4 Å². The van der Waals surface area contributed by atoms with Crippen molar-refractivity contribution in [1.29, 1.82) is 0 Å². The van der Waals surface area contributed by atoms with E-state index in [1.165, 1.54) is 11.3 Å². The summed E-state index contributed by atoms with van der Waals surface area (Å²) in [5.41, 5.74) is 0.531. The van der Waals surface area contributed by atoms with E-state index in [9.17, 15) is 9.35 Å². The molecule has 6 nitrogen and oxygen atoms in total. The van der Waals surface area contributed by atoms with Gasteiger partial charge in [0.1, 0.15) is 11.4 Å². The van der Waals surface area contributed by atoms with Gasteiger partial charge in [0.25, 0.3) is 5.91 Å². The number of nitrogens with zero attached hydrogens (tertiary/aromatic N) is 2. The van der Waals surface area contributed by atoms with Gasteiger partial charge < -0.3 is 14.4 Å². The summed E-state index contributed by atoms with van der Waals surface area (Å²) in [6.07, 6.45) is 0. The van der Waals surface area contributed by atoms with Crippen LogP contribution in [0.1, 0.15) is 10.4 Å². The van der Waals surface area contributed by atoms with Crippen LogP contribution < -0.4 is 4.89 Å². The molecule has 100 valence electrons. The zero-order valence-corrected chi connectivity index (χ0v) is 11.6. The number of piperazine rings is 1. The SMILES string of the molecule is CN1CCN(C(=O)c2csc([S+]([O-])NO)c2)CC1. The lowest BCUT2D eigenvalue weighted by molar-refractivity contribution is 0.0664. The van der Waals surface area contributed by atoms with Gasteiger partial charge >= 0.3 is 0 Å². The number of carbonyl (C=O) groups is 1. The predicted molar refractivity (Wildman–Crippen MR) is 69.1 cm³/mol. The molecule has 0 aliphatic carbocycles. The fraction of sp³-hybridized carbons (Fsp3) is 0.500. The van der Waals surface area contributed by atoms with Crippen LogP contribution in [0.3, 0.4) is 0 Å². The van der Waals surface area contributed by atoms with Gasteiger partial charge in [-0.25, -0.2) is 0 Å². The molecule has 1 amide bonds. The average Bonchev–Trinajstić information content (AvgIpc) is 2.87. The van der Waals surface area contributed by atoms with Crippen LogP contribution in [0.5, 0.6) is 0 Å². The molecule has 2 N–H and O–H groups in total. The first-order valence-electron chi connectivity index (χ1n) is 5.49. The molecule has 2 heterocycles. The highest BCUT2D eigenvalue weighted by Gasteiger charge is 2.23. The number of likely N-dealkylation sites (N-methyl/N-ethyl adjacent to an activating group) is 1. The maximum absolute atomic E-state index is 12.2. The Labute approximate surface area is 112 Å². The maximum atomic E-state index is 12.2. The Hall–Kier alpha value is -0.640. The first-order valence-corrected chi connectivity index (χ1v) is 7.52. The molecule has 8 heteroatoms. The van der Waals surface area contributed by atoms with Crippen LogP contribution in [0.25, 0.3) is 0 Å². The monoisotopic (exact) mass is 289 g/mol. The van der Waals surface area contributed by atoms with Crippen LogP contribution >= 0.6 is 11.3 Å². The molecule has 0 bridgehead atoms. The Morgan fingerprint density at radius 1 is 1.50 bits per heavy atom. The minimum Gasteiger partial charge on any atom is -0.590 e. The quantitative estimate of drug-likeness (QED) is 0.611. The third-order valence-electron chi connectivity index (χ3n) is 2.88. The van der Waals surface area contributed by atoms with E-state index in [1.54, 1.807) is 21.2 Å². The molecule has 1 saturated heterocycles. The van der Waals surface area contributed by atoms with Crippen molar-refractivity contribution >= 4 is 28.6 Å². The molecule has 0 spiro atoms. The lowest BCUT2D eigenvalue weighted by Crippen LogP contribution is -2.47. The van der Waals surface area contributed by atoms with Crippen LogP contribution in [0.2, 0.25) is 0 Å². The van der Waals surface area contributed by atoms with Crippen LogP contribution in [0.15, 0.2) is 15.7 Å². The minimum atomic E-state index is -1.65. The fourth-order valence-electron chi connectivity index (χ4n) is 1.76. The van der Waals surface area contributed by atoms with Crippen molar-refractivity contribution in [3.05, 3.63) is 17.0 Å². The number of amides is 1. The van der Waals surface area contributed by atoms with Crippen molar-refractivity contribution in [2.45, 2.75) is 4.21 Å². The molecule has 1 fully saturated rings. The Balaban J connectivity index is 2.02. The number of thiophene rings is 1. The van der Waals surface area contributed by atoms with Crippen molar-refractivity contribution in [3.8, 4) is 0 Å². The number of nitrogens with one attached hydrogen (secondary N) is 1. The predicted octanol–water partition coefficient (Wildman–Crippen LogP) is 0.137. The topological polar surface area (TPSA) is 78.9 Å². The van der Waals surface area contributed by atoms with Gasteiger partial charge in [-0.1, -0.05) is 11.3 Å². The summed E-state index contributed by atoms with van der Waals surface area (Å²) in [6, 6.07) is 1.56. The third-order valence-corrected chi connectivity index (χ3v) is 4.99. The van der Waals surface area contributed by atoms with Gasteiger partial charge in [0.2, 0.25) is 4.21 Å². The van der Waals surface area contributed by atoms with Crippen molar-refractivity contribution in [2.75, 3.05) is 33.2 Å². The van der Waals surface area contributed by atoms with Crippen molar-refractivity contribution < 1.29 is 14.6 Å². The minimum absolute atomic E-state index is 0.0412. The van der Waals surface area contributed by atoms with E-state index in [1.807, 2.05) is 7.05 Å². The van der Waals surface area contributed by atoms with E-state index >= 15 is 0 Å². The number of hydrogen-bond donors (Lipinski definition) is 2. The Kier molecular flexibility index (Phi) is 4.60. The molecular weight excluding hydrogens is 274 g/mol. The largest absolute Gasteiger partial charge is 0.590 e. The highest BCUT2D eigenvalue weighted by Crippen LogP contribution is 2.21. The maximum Gasteiger partial charge on any atom is 0.254 e. The van der Waals surface area contributed by atoms with Gasteiger partial charge in [0.05, 0.1) is 5.56 Å². The van der Waals surface area contributed by atoms with Crippen molar-refractivity contribution in [1.82, 2.24) is 14.7 Å². The molecular formula is C10H15N3O3S2. The summed E-state index contributed by atoms with van der Waals surface area (Å²) >= 11 is -0.457. The third kappa shape index (κ3) is 3.02. The van der Waals surface area contributed by atoms with Crippen molar-refractivity contribution in [2.24, 2.45) is 0 Å². The summed E-state index contributed by atoms with van der Waals surface area (Å²) in [7, 11) is 2.03.